The number of hydrogen-bond acceptors (Lipinski definition) is 3. The van der Waals surface area contributed by atoms with E-state index in [0.29, 0.717) is 6.04 Å². The molecular weight excluding hydrogens is 228 g/mol. The van der Waals surface area contributed by atoms with Crippen molar-refractivity contribution >= 4 is 10.9 Å². The van der Waals surface area contributed by atoms with E-state index in [9.17, 15) is 0 Å². The van der Waals surface area contributed by atoms with E-state index in [1.165, 1.54) is 5.69 Å². The molecule has 2 heterocycles. The minimum atomic E-state index is 0.338. The Morgan fingerprint density at radius 1 is 1.33 bits per heavy atom. The van der Waals surface area contributed by atoms with Crippen molar-refractivity contribution < 1.29 is 9.47 Å². The summed E-state index contributed by atoms with van der Waals surface area (Å²) >= 11 is 0. The van der Waals surface area contributed by atoms with Gasteiger partial charge in [0.1, 0.15) is 5.75 Å². The molecule has 0 bridgehead atoms. The maximum absolute atomic E-state index is 5.46. The van der Waals surface area contributed by atoms with Crippen LogP contribution in [0.1, 0.15) is 18.2 Å². The highest BCUT2D eigenvalue weighted by molar-refractivity contribution is 5.86. The topological polar surface area (TPSA) is 46.3 Å². The van der Waals surface area contributed by atoms with Crippen LogP contribution in [0.2, 0.25) is 0 Å². The highest BCUT2D eigenvalue weighted by Crippen LogP contribution is 2.29. The van der Waals surface area contributed by atoms with Crippen LogP contribution in [0.3, 0.4) is 0 Å². The molecule has 1 aromatic heterocycles. The molecule has 4 heteroatoms. The SMILES string of the molecule is COc1cccc2[nH]c(C3CCOCCN3)cc12. The van der Waals surface area contributed by atoms with Gasteiger partial charge in [0.2, 0.25) is 0 Å². The van der Waals surface area contributed by atoms with Gasteiger partial charge in [0.15, 0.2) is 0 Å². The molecule has 1 saturated heterocycles. The summed E-state index contributed by atoms with van der Waals surface area (Å²) in [6.45, 7) is 2.50. The molecule has 3 rings (SSSR count). The lowest BCUT2D eigenvalue weighted by Crippen LogP contribution is -2.22. The summed E-state index contributed by atoms with van der Waals surface area (Å²) in [7, 11) is 1.71. The number of fused-ring (bicyclic) bond motifs is 1. The normalized spacial score (nSPS) is 20.8. The van der Waals surface area contributed by atoms with Gasteiger partial charge in [0.25, 0.3) is 0 Å². The zero-order chi connectivity index (χ0) is 12.4. The third-order valence-electron chi connectivity index (χ3n) is 3.43. The van der Waals surface area contributed by atoms with Crippen LogP contribution >= 0.6 is 0 Å². The fourth-order valence-corrected chi connectivity index (χ4v) is 2.49. The summed E-state index contributed by atoms with van der Waals surface area (Å²) < 4.78 is 10.9. The van der Waals surface area contributed by atoms with Gasteiger partial charge in [-0.05, 0) is 24.6 Å². The van der Waals surface area contributed by atoms with Crippen LogP contribution in [0.5, 0.6) is 5.75 Å². The van der Waals surface area contributed by atoms with Gasteiger partial charge in [-0.1, -0.05) is 6.07 Å². The molecule has 0 amide bonds. The number of ether oxygens (including phenoxy) is 2. The molecule has 2 N–H and O–H groups in total. The monoisotopic (exact) mass is 246 g/mol. The molecule has 96 valence electrons. The summed E-state index contributed by atoms with van der Waals surface area (Å²) in [5.74, 6) is 0.917. The molecule has 4 nitrogen and oxygen atoms in total. The fourth-order valence-electron chi connectivity index (χ4n) is 2.49. The average Bonchev–Trinajstić information content (AvgIpc) is 2.65. The number of H-pyrrole nitrogens is 1. The number of aromatic nitrogens is 1. The molecule has 1 unspecified atom stereocenters. The summed E-state index contributed by atoms with van der Waals surface area (Å²) in [6.07, 6.45) is 0.995. The Balaban J connectivity index is 1.96. The van der Waals surface area contributed by atoms with Crippen molar-refractivity contribution in [1.82, 2.24) is 10.3 Å². The van der Waals surface area contributed by atoms with Crippen LogP contribution in [0.25, 0.3) is 10.9 Å². The summed E-state index contributed by atoms with van der Waals surface area (Å²) in [6, 6.07) is 8.59. The lowest BCUT2D eigenvalue weighted by atomic mass is 10.1. The van der Waals surface area contributed by atoms with Crippen molar-refractivity contribution in [3.05, 3.63) is 30.0 Å². The van der Waals surface area contributed by atoms with Crippen LogP contribution in [0, 0.1) is 0 Å². The van der Waals surface area contributed by atoms with Crippen LogP contribution in [-0.4, -0.2) is 31.9 Å². The molecule has 0 aliphatic carbocycles. The van der Waals surface area contributed by atoms with E-state index in [-0.39, 0.29) is 0 Å². The Morgan fingerprint density at radius 2 is 2.28 bits per heavy atom. The molecule has 1 fully saturated rings. The van der Waals surface area contributed by atoms with Crippen molar-refractivity contribution in [2.24, 2.45) is 0 Å². The Bertz CT molecular complexity index is 528. The number of benzene rings is 1. The minimum Gasteiger partial charge on any atom is -0.496 e. The first-order valence-electron chi connectivity index (χ1n) is 6.35. The molecule has 1 aromatic carbocycles. The number of aromatic amines is 1. The highest BCUT2D eigenvalue weighted by atomic mass is 16.5. The van der Waals surface area contributed by atoms with Crippen LogP contribution in [-0.2, 0) is 4.74 Å². The van der Waals surface area contributed by atoms with E-state index >= 15 is 0 Å². The van der Waals surface area contributed by atoms with Gasteiger partial charge in [-0.15, -0.1) is 0 Å². The molecule has 1 atom stereocenters. The van der Waals surface area contributed by atoms with Gasteiger partial charge in [0.05, 0.1) is 13.7 Å². The Hall–Kier alpha value is -1.52. The lowest BCUT2D eigenvalue weighted by Gasteiger charge is -2.12. The predicted molar refractivity (Wildman–Crippen MR) is 71.0 cm³/mol. The Kier molecular flexibility index (Phi) is 3.21. The quantitative estimate of drug-likeness (QED) is 0.854. The predicted octanol–water partition coefficient (Wildman–Crippen LogP) is 2.23. The van der Waals surface area contributed by atoms with E-state index in [2.05, 4.69) is 22.4 Å². The van der Waals surface area contributed by atoms with Crippen molar-refractivity contribution in [1.29, 1.82) is 0 Å². The first kappa shape index (κ1) is 11.6. The third kappa shape index (κ3) is 2.09. The first-order chi connectivity index (χ1) is 8.88. The van der Waals surface area contributed by atoms with Crippen LogP contribution in [0.4, 0.5) is 0 Å². The first-order valence-corrected chi connectivity index (χ1v) is 6.35. The van der Waals surface area contributed by atoms with Gasteiger partial charge in [-0.25, -0.2) is 0 Å². The van der Waals surface area contributed by atoms with Gasteiger partial charge in [-0.2, -0.15) is 0 Å². The number of hydrogen-bond donors (Lipinski definition) is 2. The van der Waals surface area contributed by atoms with E-state index in [0.717, 1.165) is 42.8 Å². The number of rotatable bonds is 2. The van der Waals surface area contributed by atoms with Crippen LogP contribution in [0.15, 0.2) is 24.3 Å². The van der Waals surface area contributed by atoms with Gasteiger partial charge in [0, 0.05) is 35.8 Å². The summed E-state index contributed by atoms with van der Waals surface area (Å²) in [4.78, 5) is 3.47. The fraction of sp³-hybridized carbons (Fsp3) is 0.429. The smallest absolute Gasteiger partial charge is 0.128 e. The van der Waals surface area contributed by atoms with Gasteiger partial charge < -0.3 is 19.8 Å². The van der Waals surface area contributed by atoms with E-state index < -0.39 is 0 Å². The second-order valence-corrected chi connectivity index (χ2v) is 4.55. The van der Waals surface area contributed by atoms with Crippen molar-refractivity contribution in [2.75, 3.05) is 26.9 Å². The van der Waals surface area contributed by atoms with E-state index in [4.69, 9.17) is 9.47 Å². The van der Waals surface area contributed by atoms with Gasteiger partial charge in [-0.3, -0.25) is 0 Å². The molecule has 0 spiro atoms. The standard InChI is InChI=1S/C14H18N2O2/c1-17-14-4-2-3-11-10(14)9-13(16-11)12-5-7-18-8-6-15-12/h2-4,9,12,15-16H,5-8H2,1H3. The van der Waals surface area contributed by atoms with Crippen molar-refractivity contribution in [3.8, 4) is 5.75 Å². The molecule has 2 aromatic rings. The average molecular weight is 246 g/mol. The highest BCUT2D eigenvalue weighted by Gasteiger charge is 2.16. The Morgan fingerprint density at radius 3 is 3.17 bits per heavy atom. The molecule has 0 radical (unpaired) electrons. The van der Waals surface area contributed by atoms with Crippen LogP contribution < -0.4 is 10.1 Å². The summed E-state index contributed by atoms with van der Waals surface area (Å²) in [5, 5.41) is 4.64. The molecule has 1 aliphatic rings. The third-order valence-corrected chi connectivity index (χ3v) is 3.43. The largest absolute Gasteiger partial charge is 0.496 e. The zero-order valence-electron chi connectivity index (χ0n) is 10.5. The summed E-state index contributed by atoms with van der Waals surface area (Å²) in [5.41, 5.74) is 2.33. The maximum Gasteiger partial charge on any atom is 0.128 e. The minimum absolute atomic E-state index is 0.338. The molecule has 1 aliphatic heterocycles. The molecule has 18 heavy (non-hydrogen) atoms. The Labute approximate surface area is 106 Å². The number of nitrogens with one attached hydrogen (secondary N) is 2. The van der Waals surface area contributed by atoms with Crippen molar-refractivity contribution in [2.45, 2.75) is 12.5 Å². The maximum atomic E-state index is 5.46. The second-order valence-electron chi connectivity index (χ2n) is 4.55. The zero-order valence-corrected chi connectivity index (χ0v) is 10.5. The van der Waals surface area contributed by atoms with E-state index in [1.54, 1.807) is 7.11 Å². The second kappa shape index (κ2) is 5.00. The lowest BCUT2D eigenvalue weighted by molar-refractivity contribution is 0.150. The molecular formula is C14H18N2O2. The number of methoxy groups -OCH3 is 1. The molecule has 0 saturated carbocycles. The van der Waals surface area contributed by atoms with Crippen molar-refractivity contribution in [3.63, 3.8) is 0 Å². The van der Waals surface area contributed by atoms with Gasteiger partial charge >= 0.3 is 0 Å². The van der Waals surface area contributed by atoms with E-state index in [1.807, 2.05) is 12.1 Å².